The van der Waals surface area contributed by atoms with Crippen molar-refractivity contribution in [2.24, 2.45) is 4.99 Å². The molecule has 2 heterocycles. The number of carbonyl (C=O) groups is 2. The van der Waals surface area contributed by atoms with Gasteiger partial charge in [0.15, 0.2) is 0 Å². The largest absolute Gasteiger partial charge is 0.465 e. The van der Waals surface area contributed by atoms with Gasteiger partial charge in [0.2, 0.25) is 17.7 Å². The highest BCUT2D eigenvalue weighted by atomic mass is 16.6. The van der Waals surface area contributed by atoms with E-state index in [1.54, 1.807) is 25.7 Å². The summed E-state index contributed by atoms with van der Waals surface area (Å²) in [5.41, 5.74) is 1.45. The van der Waals surface area contributed by atoms with Crippen molar-refractivity contribution in [2.45, 2.75) is 103 Å². The molecule has 1 atom stereocenters. The number of aryl methyl sites for hydroxylation is 1. The summed E-state index contributed by atoms with van der Waals surface area (Å²) in [5.74, 6) is 0.800. The Balaban J connectivity index is 1.52. The molecular weight excluding hydrogens is 498 g/mol. The van der Waals surface area contributed by atoms with Crippen LogP contribution in [0.4, 0.5) is 9.59 Å². The van der Waals surface area contributed by atoms with Gasteiger partial charge in [-0.15, -0.1) is 4.99 Å². The summed E-state index contributed by atoms with van der Waals surface area (Å²) in [6, 6.07) is 8.30. The zero-order valence-corrected chi connectivity index (χ0v) is 23.7. The monoisotopic (exact) mass is 541 g/mol. The van der Waals surface area contributed by atoms with Crippen molar-refractivity contribution in [3.05, 3.63) is 35.7 Å². The van der Waals surface area contributed by atoms with Crippen molar-refractivity contribution in [3.8, 4) is 11.4 Å². The van der Waals surface area contributed by atoms with Crippen LogP contribution in [-0.2, 0) is 11.2 Å². The van der Waals surface area contributed by atoms with Gasteiger partial charge in [-0.25, -0.2) is 9.59 Å². The van der Waals surface area contributed by atoms with Gasteiger partial charge in [-0.2, -0.15) is 4.98 Å². The first-order valence-corrected chi connectivity index (χ1v) is 14.1. The van der Waals surface area contributed by atoms with Gasteiger partial charge >= 0.3 is 12.2 Å². The van der Waals surface area contributed by atoms with E-state index in [-0.39, 0.29) is 11.9 Å². The van der Waals surface area contributed by atoms with E-state index in [9.17, 15) is 14.7 Å². The highest BCUT2D eigenvalue weighted by Gasteiger charge is 2.32. The summed E-state index contributed by atoms with van der Waals surface area (Å²) in [5, 5.41) is 15.6. The number of likely N-dealkylation sites (tertiary alicyclic amines) is 1. The Hall–Kier alpha value is -3.43. The number of hydrogen-bond acceptors (Lipinski definition) is 6. The van der Waals surface area contributed by atoms with Gasteiger partial charge in [0.1, 0.15) is 5.60 Å². The number of benzene rings is 1. The number of nitrogens with zero attached hydrogens (tertiary/aromatic N) is 4. The molecule has 1 fully saturated rings. The molecular formula is C29H43N5O5. The summed E-state index contributed by atoms with van der Waals surface area (Å²) in [6.45, 7) is 8.24. The number of ether oxygens (including phenoxy) is 1. The summed E-state index contributed by atoms with van der Waals surface area (Å²) in [7, 11) is 0. The number of nitrogens with one attached hydrogen (secondary N) is 1. The van der Waals surface area contributed by atoms with E-state index in [1.807, 2.05) is 12.1 Å². The number of hydrogen-bond donors (Lipinski definition) is 2. The van der Waals surface area contributed by atoms with Gasteiger partial charge < -0.3 is 19.3 Å². The molecule has 2 amide bonds. The van der Waals surface area contributed by atoms with Gasteiger partial charge in [0.05, 0.1) is 5.92 Å². The molecule has 2 N–H and O–H groups in total. The number of guanidine groups is 1. The van der Waals surface area contributed by atoms with Gasteiger partial charge in [-0.1, -0.05) is 81.3 Å². The lowest BCUT2D eigenvalue weighted by Gasteiger charge is -2.21. The molecule has 0 bridgehead atoms. The van der Waals surface area contributed by atoms with Crippen LogP contribution in [0.1, 0.15) is 103 Å². The fourth-order valence-electron chi connectivity index (χ4n) is 4.60. The van der Waals surface area contributed by atoms with Crippen molar-refractivity contribution >= 4 is 18.1 Å². The van der Waals surface area contributed by atoms with Crippen LogP contribution < -0.4 is 5.32 Å². The predicted molar refractivity (Wildman–Crippen MR) is 150 cm³/mol. The third-order valence-corrected chi connectivity index (χ3v) is 6.62. The molecule has 0 unspecified atom stereocenters. The molecule has 10 heteroatoms. The van der Waals surface area contributed by atoms with Crippen LogP contribution in [0.15, 0.2) is 33.8 Å². The van der Waals surface area contributed by atoms with Gasteiger partial charge in [-0.3, -0.25) is 5.32 Å². The Kier molecular flexibility index (Phi) is 11.3. The zero-order chi connectivity index (χ0) is 28.3. The lowest BCUT2D eigenvalue weighted by atomic mass is 10.0. The van der Waals surface area contributed by atoms with E-state index >= 15 is 0 Å². The maximum absolute atomic E-state index is 12.2. The van der Waals surface area contributed by atoms with Crippen LogP contribution in [0, 0.1) is 0 Å². The fourth-order valence-corrected chi connectivity index (χ4v) is 4.60. The van der Waals surface area contributed by atoms with E-state index in [4.69, 9.17) is 9.26 Å². The van der Waals surface area contributed by atoms with E-state index in [0.717, 1.165) is 12.0 Å². The summed E-state index contributed by atoms with van der Waals surface area (Å²) >= 11 is 0. The van der Waals surface area contributed by atoms with Crippen LogP contribution in [-0.4, -0.2) is 57.0 Å². The highest BCUT2D eigenvalue weighted by Crippen LogP contribution is 2.28. The van der Waals surface area contributed by atoms with E-state index in [1.165, 1.54) is 56.9 Å². The first kappa shape index (κ1) is 30.1. The highest BCUT2D eigenvalue weighted by molar-refractivity contribution is 5.98. The SMILES string of the molecule is CCCCCCCCCCc1ccc(-c2noc([C@H]3CCN(/C(=N/C(=O)OC(C)(C)C)NC(=O)O)C3)n2)cc1. The average molecular weight is 542 g/mol. The van der Waals surface area contributed by atoms with Crippen molar-refractivity contribution in [1.29, 1.82) is 0 Å². The number of carbonyl (C=O) groups excluding carboxylic acids is 1. The second kappa shape index (κ2) is 14.6. The molecule has 1 aromatic heterocycles. The van der Waals surface area contributed by atoms with Gasteiger partial charge in [-0.05, 0) is 45.6 Å². The molecule has 1 aromatic carbocycles. The number of unbranched alkanes of at least 4 members (excludes halogenated alkanes) is 7. The first-order chi connectivity index (χ1) is 18.6. The molecule has 3 rings (SSSR count). The van der Waals surface area contributed by atoms with Crippen molar-refractivity contribution in [2.75, 3.05) is 13.1 Å². The minimum absolute atomic E-state index is 0.0777. The molecule has 0 aliphatic carbocycles. The molecule has 214 valence electrons. The van der Waals surface area contributed by atoms with Crippen molar-refractivity contribution in [1.82, 2.24) is 20.4 Å². The molecule has 0 saturated carbocycles. The fraction of sp³-hybridized carbons (Fsp3) is 0.621. The van der Waals surface area contributed by atoms with Gasteiger partial charge in [0.25, 0.3) is 0 Å². The van der Waals surface area contributed by atoms with Crippen LogP contribution >= 0.6 is 0 Å². The maximum Gasteiger partial charge on any atom is 0.437 e. The Morgan fingerprint density at radius 2 is 1.77 bits per heavy atom. The Morgan fingerprint density at radius 3 is 2.41 bits per heavy atom. The molecule has 1 saturated heterocycles. The molecule has 1 aliphatic rings. The van der Waals surface area contributed by atoms with Crippen LogP contribution in [0.2, 0.25) is 0 Å². The summed E-state index contributed by atoms with van der Waals surface area (Å²) in [6.07, 6.45) is 10.0. The van der Waals surface area contributed by atoms with Crippen LogP contribution in [0.25, 0.3) is 11.4 Å². The minimum atomic E-state index is -1.31. The Morgan fingerprint density at radius 1 is 1.10 bits per heavy atom. The lowest BCUT2D eigenvalue weighted by Crippen LogP contribution is -2.43. The van der Waals surface area contributed by atoms with Gasteiger partial charge in [0, 0.05) is 18.7 Å². The second-order valence-corrected chi connectivity index (χ2v) is 11.2. The average Bonchev–Trinajstić information content (AvgIpc) is 3.54. The first-order valence-electron chi connectivity index (χ1n) is 14.1. The number of amides is 2. The Labute approximate surface area is 231 Å². The molecule has 39 heavy (non-hydrogen) atoms. The Bertz CT molecular complexity index is 1090. The molecule has 0 spiro atoms. The standard InChI is InChI=1S/C29H43N5O5/c1-5-6-7-8-9-10-11-12-13-21-14-16-22(17-15-21)24-30-25(39-33-24)23-18-19-34(20-23)26(31-27(35)36)32-28(37)38-29(2,3)4/h14-17,23H,5-13,18-20H2,1-4H3,(H,35,36)(H,31,32,37)/t23-/m0/s1. The van der Waals surface area contributed by atoms with E-state index < -0.39 is 17.8 Å². The summed E-state index contributed by atoms with van der Waals surface area (Å²) in [4.78, 5) is 33.6. The third-order valence-electron chi connectivity index (χ3n) is 6.62. The number of aromatic nitrogens is 2. The molecule has 1 aliphatic heterocycles. The normalized spacial score (nSPS) is 15.9. The topological polar surface area (TPSA) is 130 Å². The number of rotatable bonds is 11. The third kappa shape index (κ3) is 10.3. The lowest BCUT2D eigenvalue weighted by molar-refractivity contribution is 0.0601. The van der Waals surface area contributed by atoms with E-state index in [2.05, 4.69) is 39.5 Å². The molecule has 0 radical (unpaired) electrons. The second-order valence-electron chi connectivity index (χ2n) is 11.2. The number of aliphatic imine (C=N–C) groups is 1. The zero-order valence-electron chi connectivity index (χ0n) is 23.7. The summed E-state index contributed by atoms with van der Waals surface area (Å²) < 4.78 is 10.8. The van der Waals surface area contributed by atoms with Crippen LogP contribution in [0.5, 0.6) is 0 Å². The number of carboxylic acid groups (broad SMARTS) is 1. The van der Waals surface area contributed by atoms with E-state index in [0.29, 0.717) is 31.2 Å². The maximum atomic E-state index is 12.2. The minimum Gasteiger partial charge on any atom is -0.465 e. The smallest absolute Gasteiger partial charge is 0.437 e. The van der Waals surface area contributed by atoms with Crippen molar-refractivity contribution < 1.29 is 24.0 Å². The van der Waals surface area contributed by atoms with Crippen molar-refractivity contribution in [3.63, 3.8) is 0 Å². The van der Waals surface area contributed by atoms with Crippen LogP contribution in [0.3, 0.4) is 0 Å². The molecule has 10 nitrogen and oxygen atoms in total. The molecule has 2 aromatic rings. The quantitative estimate of drug-likeness (QED) is 0.181. The predicted octanol–water partition coefficient (Wildman–Crippen LogP) is 6.77.